The molecule has 5 heteroatoms. The minimum Gasteiger partial charge on any atom is -0.352 e. The maximum absolute atomic E-state index is 11.5. The van der Waals surface area contributed by atoms with E-state index in [2.05, 4.69) is 48.3 Å². The largest absolute Gasteiger partial charge is 0.352 e. The highest BCUT2D eigenvalue weighted by Crippen LogP contribution is 2.28. The molecule has 1 aliphatic carbocycles. The fourth-order valence-electron chi connectivity index (χ4n) is 4.65. The molecule has 3 rings (SSSR count). The predicted octanol–water partition coefficient (Wildman–Crippen LogP) is 4.79. The van der Waals surface area contributed by atoms with Crippen molar-refractivity contribution in [3.05, 3.63) is 41.0 Å². The van der Waals surface area contributed by atoms with Crippen molar-refractivity contribution in [2.45, 2.75) is 64.8 Å². The van der Waals surface area contributed by atoms with Crippen molar-refractivity contribution < 1.29 is 4.79 Å². The SMILES string of the molecule is Cc1cc(C)cc(C2=CCN(CCC3CCC(NC(=O)CC#N)CC3)CC2)c1.Cl. The number of nitrogens with zero attached hydrogens (tertiary/aromatic N) is 2. The first-order valence-corrected chi connectivity index (χ1v) is 10.7. The molecule has 1 N–H and O–H groups in total. The van der Waals surface area contributed by atoms with E-state index in [0.717, 1.165) is 38.3 Å². The molecule has 0 saturated heterocycles. The van der Waals surface area contributed by atoms with Crippen LogP contribution >= 0.6 is 12.4 Å². The lowest BCUT2D eigenvalue weighted by molar-refractivity contribution is -0.121. The summed E-state index contributed by atoms with van der Waals surface area (Å²) in [5, 5.41) is 11.6. The second-order valence-electron chi connectivity index (χ2n) is 8.57. The predicted molar refractivity (Wildman–Crippen MR) is 121 cm³/mol. The van der Waals surface area contributed by atoms with E-state index in [1.807, 2.05) is 6.07 Å². The number of carbonyl (C=O) groups is 1. The Kier molecular flexibility index (Phi) is 9.20. The highest BCUT2D eigenvalue weighted by Gasteiger charge is 2.23. The van der Waals surface area contributed by atoms with Crippen molar-refractivity contribution in [2.24, 2.45) is 5.92 Å². The number of aryl methyl sites for hydroxylation is 2. The molecule has 1 fully saturated rings. The third-order valence-corrected chi connectivity index (χ3v) is 6.19. The molecule has 0 unspecified atom stereocenters. The van der Waals surface area contributed by atoms with Crippen molar-refractivity contribution in [2.75, 3.05) is 19.6 Å². The van der Waals surface area contributed by atoms with Gasteiger partial charge in [0, 0.05) is 19.1 Å². The first kappa shape index (κ1) is 23.4. The molecule has 1 aromatic rings. The van der Waals surface area contributed by atoms with Crippen LogP contribution in [0.4, 0.5) is 0 Å². The molecule has 1 heterocycles. The normalized spacial score (nSPS) is 22.2. The van der Waals surface area contributed by atoms with E-state index in [0.29, 0.717) is 0 Å². The van der Waals surface area contributed by atoms with Crippen molar-refractivity contribution in [1.82, 2.24) is 10.2 Å². The molecule has 1 saturated carbocycles. The second kappa shape index (κ2) is 11.4. The van der Waals surface area contributed by atoms with Gasteiger partial charge in [0.05, 0.1) is 6.07 Å². The van der Waals surface area contributed by atoms with Gasteiger partial charge in [-0.25, -0.2) is 0 Å². The maximum atomic E-state index is 11.5. The third-order valence-electron chi connectivity index (χ3n) is 6.19. The Morgan fingerprint density at radius 1 is 1.17 bits per heavy atom. The summed E-state index contributed by atoms with van der Waals surface area (Å²) < 4.78 is 0. The van der Waals surface area contributed by atoms with Gasteiger partial charge in [0.25, 0.3) is 0 Å². The molecule has 0 aromatic heterocycles. The molecule has 0 spiro atoms. The van der Waals surface area contributed by atoms with E-state index in [-0.39, 0.29) is 30.8 Å². The van der Waals surface area contributed by atoms with Crippen LogP contribution in [0.2, 0.25) is 0 Å². The van der Waals surface area contributed by atoms with Crippen molar-refractivity contribution in [3.63, 3.8) is 0 Å². The van der Waals surface area contributed by atoms with Crippen LogP contribution in [0, 0.1) is 31.1 Å². The molecule has 29 heavy (non-hydrogen) atoms. The summed E-state index contributed by atoms with van der Waals surface area (Å²) in [7, 11) is 0. The third kappa shape index (κ3) is 7.17. The van der Waals surface area contributed by atoms with Gasteiger partial charge < -0.3 is 5.32 Å². The van der Waals surface area contributed by atoms with Gasteiger partial charge in [-0.05, 0) is 76.0 Å². The number of hydrogen-bond donors (Lipinski definition) is 1. The average Bonchev–Trinajstić information content (AvgIpc) is 2.67. The quantitative estimate of drug-likeness (QED) is 0.726. The van der Waals surface area contributed by atoms with Crippen molar-refractivity contribution in [1.29, 1.82) is 5.26 Å². The molecule has 1 aliphatic heterocycles. The number of nitrogens with one attached hydrogen (secondary N) is 1. The van der Waals surface area contributed by atoms with Gasteiger partial charge in [0.2, 0.25) is 5.91 Å². The minimum atomic E-state index is -0.120. The van der Waals surface area contributed by atoms with Gasteiger partial charge >= 0.3 is 0 Å². The van der Waals surface area contributed by atoms with Gasteiger partial charge in [-0.3, -0.25) is 9.69 Å². The standard InChI is InChI=1S/C24H33N3O.ClH/c1-18-15-19(2)17-22(16-18)21-9-13-27(14-10-21)12-8-20-3-5-23(6-4-20)26-24(28)7-11-25;/h9,15-17,20,23H,3-8,10,12-14H2,1-2H3,(H,26,28);1H. The summed E-state index contributed by atoms with van der Waals surface area (Å²) in [6.07, 6.45) is 9.28. The van der Waals surface area contributed by atoms with Gasteiger partial charge in [-0.15, -0.1) is 12.4 Å². The molecular weight excluding hydrogens is 382 g/mol. The molecule has 0 bridgehead atoms. The molecule has 1 aromatic carbocycles. The van der Waals surface area contributed by atoms with Crippen LogP contribution in [0.3, 0.4) is 0 Å². The fraction of sp³-hybridized carbons (Fsp3) is 0.583. The average molecular weight is 416 g/mol. The van der Waals surface area contributed by atoms with Crippen LogP contribution in [0.5, 0.6) is 0 Å². The summed E-state index contributed by atoms with van der Waals surface area (Å²) in [6, 6.07) is 9.05. The summed E-state index contributed by atoms with van der Waals surface area (Å²) in [6.45, 7) is 7.73. The first-order chi connectivity index (χ1) is 13.5. The van der Waals surface area contributed by atoms with Gasteiger partial charge in [-0.1, -0.05) is 35.4 Å². The Balaban J connectivity index is 0.00000300. The molecule has 158 valence electrons. The second-order valence-corrected chi connectivity index (χ2v) is 8.57. The summed E-state index contributed by atoms with van der Waals surface area (Å²) in [4.78, 5) is 14.1. The lowest BCUT2D eigenvalue weighted by Gasteiger charge is -2.32. The van der Waals surface area contributed by atoms with Crippen LogP contribution < -0.4 is 5.32 Å². The number of nitriles is 1. The zero-order valence-corrected chi connectivity index (χ0v) is 18.6. The molecular formula is C24H34ClN3O. The Morgan fingerprint density at radius 2 is 1.86 bits per heavy atom. The number of hydrogen-bond acceptors (Lipinski definition) is 3. The van der Waals surface area contributed by atoms with E-state index in [4.69, 9.17) is 5.26 Å². The Hall–Kier alpha value is -1.83. The molecule has 0 radical (unpaired) electrons. The highest BCUT2D eigenvalue weighted by atomic mass is 35.5. The maximum Gasteiger partial charge on any atom is 0.234 e. The Labute approximate surface area is 181 Å². The summed E-state index contributed by atoms with van der Waals surface area (Å²) in [5.74, 6) is 0.652. The minimum absolute atomic E-state index is 0. The fourth-order valence-corrected chi connectivity index (χ4v) is 4.65. The van der Waals surface area contributed by atoms with Crippen LogP contribution in [0.25, 0.3) is 5.57 Å². The number of rotatable bonds is 6. The lowest BCUT2D eigenvalue weighted by Crippen LogP contribution is -2.38. The number of amides is 1. The van der Waals surface area contributed by atoms with Crippen LogP contribution in [0.1, 0.15) is 61.6 Å². The highest BCUT2D eigenvalue weighted by molar-refractivity contribution is 5.85. The summed E-state index contributed by atoms with van der Waals surface area (Å²) in [5.41, 5.74) is 5.58. The Morgan fingerprint density at radius 3 is 2.45 bits per heavy atom. The van der Waals surface area contributed by atoms with E-state index < -0.39 is 0 Å². The van der Waals surface area contributed by atoms with Crippen LogP contribution in [-0.4, -0.2) is 36.5 Å². The summed E-state index contributed by atoms with van der Waals surface area (Å²) >= 11 is 0. The first-order valence-electron chi connectivity index (χ1n) is 10.7. The van der Waals surface area contributed by atoms with Crippen LogP contribution in [0.15, 0.2) is 24.3 Å². The molecule has 4 nitrogen and oxygen atoms in total. The smallest absolute Gasteiger partial charge is 0.234 e. The molecule has 2 aliphatic rings. The number of carbonyl (C=O) groups excluding carboxylic acids is 1. The monoisotopic (exact) mass is 415 g/mol. The topological polar surface area (TPSA) is 56.1 Å². The molecule has 0 atom stereocenters. The van der Waals surface area contributed by atoms with Gasteiger partial charge in [0.15, 0.2) is 0 Å². The number of halogens is 1. The molecule has 1 amide bonds. The Bertz CT molecular complexity index is 740. The van der Waals surface area contributed by atoms with E-state index in [1.54, 1.807) is 0 Å². The zero-order chi connectivity index (χ0) is 19.9. The van der Waals surface area contributed by atoms with Crippen LogP contribution in [-0.2, 0) is 4.79 Å². The lowest BCUT2D eigenvalue weighted by atomic mass is 9.84. The van der Waals surface area contributed by atoms with E-state index in [1.165, 1.54) is 48.1 Å². The van der Waals surface area contributed by atoms with Crippen molar-refractivity contribution >= 4 is 23.9 Å². The van der Waals surface area contributed by atoms with E-state index >= 15 is 0 Å². The zero-order valence-electron chi connectivity index (χ0n) is 17.7. The number of benzene rings is 1. The van der Waals surface area contributed by atoms with E-state index in [9.17, 15) is 4.79 Å². The van der Waals surface area contributed by atoms with Gasteiger partial charge in [0.1, 0.15) is 6.42 Å². The van der Waals surface area contributed by atoms with Gasteiger partial charge in [-0.2, -0.15) is 5.26 Å². The van der Waals surface area contributed by atoms with Crippen molar-refractivity contribution in [3.8, 4) is 6.07 Å².